The number of amides is 1. The van der Waals surface area contributed by atoms with Crippen LogP contribution in [-0.4, -0.2) is 64.5 Å². The molecule has 4 rings (SSSR count). The number of carbonyl (C=O) groups excluding carboxylic acids is 3. The Kier molecular flexibility index (Phi) is 12.0. The van der Waals surface area contributed by atoms with Crippen LogP contribution in [-0.2, 0) is 20.8 Å². The number of ketones is 2. The van der Waals surface area contributed by atoms with E-state index in [-0.39, 0.29) is 29.9 Å². The van der Waals surface area contributed by atoms with Crippen molar-refractivity contribution in [2.45, 2.75) is 90.5 Å². The van der Waals surface area contributed by atoms with Crippen molar-refractivity contribution in [3.63, 3.8) is 0 Å². The largest absolute Gasteiger partial charge is 0.353 e. The number of Topliss-reactive ketones (excluding diaryl/α,β-unsaturated/α-hetero) is 2. The molecule has 1 aliphatic carbocycles. The topological polar surface area (TPSA) is 79.4 Å². The fourth-order valence-electron chi connectivity index (χ4n) is 6.09. The van der Waals surface area contributed by atoms with E-state index in [9.17, 15) is 14.4 Å². The van der Waals surface area contributed by atoms with Gasteiger partial charge in [0.1, 0.15) is 5.78 Å². The molecule has 2 aromatic rings. The van der Waals surface area contributed by atoms with Crippen molar-refractivity contribution in [1.82, 2.24) is 15.2 Å². The van der Waals surface area contributed by atoms with Crippen LogP contribution in [0.2, 0.25) is 0 Å². The third-order valence-corrected chi connectivity index (χ3v) is 10.6. The van der Waals surface area contributed by atoms with E-state index in [4.69, 9.17) is 4.98 Å². The predicted octanol–water partition coefficient (Wildman–Crippen LogP) is 6.58. The second-order valence-electron chi connectivity index (χ2n) is 12.3. The average Bonchev–Trinajstić information content (AvgIpc) is 3.37. The Bertz CT molecular complexity index is 1210. The first-order valence-corrected chi connectivity index (χ1v) is 17.4. The van der Waals surface area contributed by atoms with Crippen molar-refractivity contribution in [3.8, 4) is 0 Å². The minimum Gasteiger partial charge on any atom is -0.353 e. The highest BCUT2D eigenvalue weighted by Gasteiger charge is 2.30. The summed E-state index contributed by atoms with van der Waals surface area (Å²) in [6, 6.07) is 6.30. The zero-order valence-corrected chi connectivity index (χ0v) is 26.7. The highest BCUT2D eigenvalue weighted by Crippen LogP contribution is 2.31. The maximum absolute atomic E-state index is 13.7. The lowest BCUT2D eigenvalue weighted by molar-refractivity contribution is -0.130. The molecule has 1 aromatic carbocycles. The van der Waals surface area contributed by atoms with Gasteiger partial charge in [0.25, 0.3) is 0 Å². The Labute approximate surface area is 254 Å². The van der Waals surface area contributed by atoms with E-state index < -0.39 is 5.92 Å². The van der Waals surface area contributed by atoms with Gasteiger partial charge in [-0.15, -0.1) is 11.3 Å². The van der Waals surface area contributed by atoms with Gasteiger partial charge in [0.2, 0.25) is 5.91 Å². The van der Waals surface area contributed by atoms with Gasteiger partial charge in [-0.05, 0) is 55.7 Å². The van der Waals surface area contributed by atoms with Gasteiger partial charge < -0.3 is 10.1 Å². The lowest BCUT2D eigenvalue weighted by Crippen LogP contribution is -2.45. The summed E-state index contributed by atoms with van der Waals surface area (Å²) in [4.78, 5) is 46.1. The number of rotatable bonds is 14. The third-order valence-electron chi connectivity index (χ3n) is 8.59. The molecule has 2 aliphatic rings. The molecule has 1 amide bonds. The van der Waals surface area contributed by atoms with Gasteiger partial charge in [-0.25, -0.2) is 4.98 Å². The molecule has 8 heteroatoms. The molecule has 1 saturated carbocycles. The van der Waals surface area contributed by atoms with Crippen molar-refractivity contribution in [2.75, 3.05) is 31.1 Å². The molecule has 1 aliphatic heterocycles. The number of fused-ring (bicyclic) bond motifs is 1. The molecule has 2 heterocycles. The molecule has 0 bridgehead atoms. The van der Waals surface area contributed by atoms with E-state index in [1.54, 1.807) is 18.3 Å². The summed E-state index contributed by atoms with van der Waals surface area (Å²) in [7, 11) is 0. The summed E-state index contributed by atoms with van der Waals surface area (Å²) in [5, 5.41) is 4.22. The fourth-order valence-corrected chi connectivity index (χ4v) is 8.17. The summed E-state index contributed by atoms with van der Waals surface area (Å²) >= 11 is 3.58. The van der Waals surface area contributed by atoms with Gasteiger partial charge in [-0.2, -0.15) is 11.8 Å². The first-order chi connectivity index (χ1) is 19.7. The molecule has 1 aromatic heterocycles. The molecule has 1 N–H and O–H groups in total. The van der Waals surface area contributed by atoms with Crippen molar-refractivity contribution in [2.24, 2.45) is 11.8 Å². The molecule has 1 saturated heterocycles. The number of carbonyl (C=O) groups is 3. The van der Waals surface area contributed by atoms with Crippen molar-refractivity contribution in [1.29, 1.82) is 0 Å². The van der Waals surface area contributed by atoms with Crippen LogP contribution in [0.25, 0.3) is 10.2 Å². The summed E-state index contributed by atoms with van der Waals surface area (Å²) in [6.45, 7) is 12.7. The minimum absolute atomic E-state index is 0.00478. The summed E-state index contributed by atoms with van der Waals surface area (Å²) < 4.78 is 1.12. The first kappa shape index (κ1) is 31.9. The lowest BCUT2D eigenvalue weighted by Gasteiger charge is -2.32. The van der Waals surface area contributed by atoms with E-state index in [1.807, 2.05) is 11.8 Å². The Morgan fingerprint density at radius 2 is 1.85 bits per heavy atom. The van der Waals surface area contributed by atoms with Crippen LogP contribution in [0, 0.1) is 11.8 Å². The molecule has 41 heavy (non-hydrogen) atoms. The van der Waals surface area contributed by atoms with Gasteiger partial charge in [0, 0.05) is 62.0 Å². The van der Waals surface area contributed by atoms with Crippen LogP contribution in [0.15, 0.2) is 30.4 Å². The van der Waals surface area contributed by atoms with Gasteiger partial charge in [0.15, 0.2) is 5.78 Å². The van der Waals surface area contributed by atoms with Crippen LogP contribution in [0.1, 0.15) is 88.6 Å². The normalized spacial score (nSPS) is 18.3. The number of thioether (sulfide) groups is 1. The van der Waals surface area contributed by atoms with E-state index in [2.05, 4.69) is 48.8 Å². The first-order valence-electron chi connectivity index (χ1n) is 15.4. The van der Waals surface area contributed by atoms with Gasteiger partial charge >= 0.3 is 0 Å². The summed E-state index contributed by atoms with van der Waals surface area (Å²) in [6.07, 6.45) is 7.34. The monoisotopic (exact) mass is 597 g/mol. The highest BCUT2D eigenvalue weighted by atomic mass is 32.2. The predicted molar refractivity (Wildman–Crippen MR) is 172 cm³/mol. The fraction of sp³-hybridized carbons (Fsp3) is 0.636. The van der Waals surface area contributed by atoms with Crippen LogP contribution in [0.4, 0.5) is 0 Å². The molecule has 6 nitrogen and oxygen atoms in total. The Morgan fingerprint density at radius 3 is 2.54 bits per heavy atom. The van der Waals surface area contributed by atoms with Crippen LogP contribution in [0.3, 0.4) is 0 Å². The molecule has 0 unspecified atom stereocenters. The lowest BCUT2D eigenvalue weighted by atomic mass is 9.81. The molecule has 2 atom stereocenters. The number of hydrogen-bond donors (Lipinski definition) is 1. The number of aromatic nitrogens is 1. The molecule has 2 fully saturated rings. The van der Waals surface area contributed by atoms with Crippen molar-refractivity contribution < 1.29 is 14.4 Å². The van der Waals surface area contributed by atoms with Crippen LogP contribution >= 0.6 is 23.1 Å². The maximum atomic E-state index is 13.7. The average molecular weight is 598 g/mol. The molecular formula is C33H47N3O3S2. The highest BCUT2D eigenvalue weighted by molar-refractivity contribution is 7.99. The summed E-state index contributed by atoms with van der Waals surface area (Å²) in [5.41, 5.74) is 2.89. The van der Waals surface area contributed by atoms with E-state index in [1.165, 1.54) is 12.0 Å². The zero-order chi connectivity index (χ0) is 29.4. The van der Waals surface area contributed by atoms with Crippen LogP contribution < -0.4 is 5.32 Å². The van der Waals surface area contributed by atoms with Gasteiger partial charge in [-0.1, -0.05) is 45.8 Å². The number of benzene rings is 1. The van der Waals surface area contributed by atoms with Crippen molar-refractivity contribution >= 4 is 50.8 Å². The van der Waals surface area contributed by atoms with Crippen LogP contribution in [0.5, 0.6) is 0 Å². The minimum atomic E-state index is -0.466. The maximum Gasteiger partial charge on any atom is 0.224 e. The Hall–Kier alpha value is -2.03. The number of nitrogens with zero attached hydrogens (tertiary/aromatic N) is 2. The van der Waals surface area contributed by atoms with E-state index >= 15 is 0 Å². The van der Waals surface area contributed by atoms with E-state index in [0.717, 1.165) is 65.5 Å². The number of thiazole rings is 1. The summed E-state index contributed by atoms with van der Waals surface area (Å²) in [5.74, 6) is 2.57. The standard InChI is InChI=1S/C33H47N3O3S2/c1-22(2)26-10-11-29-31(19-26)41-32(34-29)20-27(18-24(4)37)33(39)35-28(25-8-6-5-7-9-25)12-13-30(38)23(3)21-36-14-16-40-17-15-36/h10-11,19,22,25,27-28H,3,5-9,12-18,20-21H2,1-2,4H3,(H,35,39)/t27-,28+/m0/s1. The van der Waals surface area contributed by atoms with Gasteiger partial charge in [0.05, 0.1) is 21.1 Å². The molecule has 0 radical (unpaired) electrons. The Morgan fingerprint density at radius 1 is 1.12 bits per heavy atom. The van der Waals surface area contributed by atoms with Crippen molar-refractivity contribution in [3.05, 3.63) is 40.9 Å². The van der Waals surface area contributed by atoms with Gasteiger partial charge in [-0.3, -0.25) is 14.5 Å². The quantitative estimate of drug-likeness (QED) is 0.248. The molecule has 224 valence electrons. The SMILES string of the molecule is C=C(CN1CCSCC1)C(=O)CC[C@@H](NC(=O)[C@@H](CC(C)=O)Cc1nc2ccc(C(C)C)cc2s1)C1CCCCC1. The zero-order valence-electron chi connectivity index (χ0n) is 25.1. The third kappa shape index (κ3) is 9.48. The second-order valence-corrected chi connectivity index (χ2v) is 14.6. The smallest absolute Gasteiger partial charge is 0.224 e. The number of hydrogen-bond acceptors (Lipinski definition) is 7. The molecule has 0 spiro atoms. The second kappa shape index (κ2) is 15.4. The number of nitrogens with one attached hydrogen (secondary N) is 1. The molecular weight excluding hydrogens is 551 g/mol. The Balaban J connectivity index is 1.42. The van der Waals surface area contributed by atoms with E-state index in [0.29, 0.717) is 43.2 Å².